The molecule has 4 nitrogen and oxygen atoms in total. The Balaban J connectivity index is 2.22. The number of carboxylic acid groups (broad SMARTS) is 1. The monoisotopic (exact) mass is 310 g/mol. The highest BCUT2D eigenvalue weighted by atomic mass is 35.5. The molecule has 0 spiro atoms. The number of anilines is 1. The maximum Gasteiger partial charge on any atom is 0.337 e. The van der Waals surface area contributed by atoms with Crippen molar-refractivity contribution in [3.8, 4) is 0 Å². The summed E-state index contributed by atoms with van der Waals surface area (Å²) in [6.07, 6.45) is 4.70. The van der Waals surface area contributed by atoms with Crippen molar-refractivity contribution >= 4 is 23.4 Å². The van der Waals surface area contributed by atoms with Gasteiger partial charge in [0.2, 0.25) is 0 Å². The van der Waals surface area contributed by atoms with Crippen LogP contribution in [0.4, 0.5) is 5.82 Å². The number of carbonyl (C=O) groups is 1. The van der Waals surface area contributed by atoms with Gasteiger partial charge in [-0.1, -0.05) is 39.3 Å². The lowest BCUT2D eigenvalue weighted by atomic mass is 9.63. The number of halogens is 1. The number of aromatic nitrogens is 1. The second kappa shape index (κ2) is 5.48. The van der Waals surface area contributed by atoms with Crippen molar-refractivity contribution in [2.24, 2.45) is 10.8 Å². The summed E-state index contributed by atoms with van der Waals surface area (Å²) in [5.41, 5.74) is 0.579. The Morgan fingerprint density at radius 1 is 1.33 bits per heavy atom. The van der Waals surface area contributed by atoms with Crippen molar-refractivity contribution < 1.29 is 9.90 Å². The molecule has 0 atom stereocenters. The van der Waals surface area contributed by atoms with E-state index in [1.807, 2.05) is 0 Å². The zero-order valence-corrected chi connectivity index (χ0v) is 13.8. The molecule has 1 fully saturated rings. The van der Waals surface area contributed by atoms with Crippen LogP contribution in [-0.2, 0) is 0 Å². The van der Waals surface area contributed by atoms with E-state index in [1.165, 1.54) is 18.7 Å². The SMILES string of the molecule is CC1(C)CC(Nc2nccc(C(=O)O)c2Cl)CC(C)(C)C1. The summed E-state index contributed by atoms with van der Waals surface area (Å²) in [5, 5.41) is 12.7. The molecule has 1 aliphatic carbocycles. The number of carboxylic acids is 1. The molecule has 2 rings (SSSR count). The third-order valence-electron chi connectivity index (χ3n) is 4.02. The molecular weight excluding hydrogens is 288 g/mol. The maximum absolute atomic E-state index is 11.1. The number of nitrogens with one attached hydrogen (secondary N) is 1. The van der Waals surface area contributed by atoms with E-state index in [-0.39, 0.29) is 27.5 Å². The molecule has 0 aromatic carbocycles. The molecule has 1 saturated carbocycles. The van der Waals surface area contributed by atoms with Crippen LogP contribution in [0.15, 0.2) is 12.3 Å². The minimum absolute atomic E-state index is 0.0866. The van der Waals surface area contributed by atoms with Crippen molar-refractivity contribution in [2.75, 3.05) is 5.32 Å². The molecule has 0 radical (unpaired) electrons. The number of aromatic carboxylic acids is 1. The van der Waals surface area contributed by atoms with Crippen molar-refractivity contribution in [3.63, 3.8) is 0 Å². The second-order valence-electron chi connectivity index (χ2n) is 7.58. The predicted octanol–water partition coefficient (Wildman–Crippen LogP) is 4.45. The molecule has 0 saturated heterocycles. The van der Waals surface area contributed by atoms with Crippen LogP contribution in [0, 0.1) is 10.8 Å². The van der Waals surface area contributed by atoms with E-state index in [2.05, 4.69) is 38.0 Å². The summed E-state index contributed by atoms with van der Waals surface area (Å²) in [6.45, 7) is 9.08. The van der Waals surface area contributed by atoms with Crippen molar-refractivity contribution in [1.82, 2.24) is 4.98 Å². The smallest absolute Gasteiger partial charge is 0.337 e. The van der Waals surface area contributed by atoms with E-state index >= 15 is 0 Å². The summed E-state index contributed by atoms with van der Waals surface area (Å²) < 4.78 is 0. The number of hydrogen-bond donors (Lipinski definition) is 2. The fourth-order valence-corrected chi connectivity index (χ4v) is 4.10. The average molecular weight is 311 g/mol. The van der Waals surface area contributed by atoms with Gasteiger partial charge >= 0.3 is 5.97 Å². The standard InChI is InChI=1S/C16H23ClN2O2/c1-15(2)7-10(8-16(3,4)9-15)19-13-12(17)11(14(20)21)5-6-18-13/h5-6,10H,7-9H2,1-4H3,(H,18,19)(H,20,21). The summed E-state index contributed by atoms with van der Waals surface area (Å²) in [7, 11) is 0. The molecule has 21 heavy (non-hydrogen) atoms. The lowest BCUT2D eigenvalue weighted by molar-refractivity contribution is 0.0696. The molecule has 0 bridgehead atoms. The molecule has 0 aliphatic heterocycles. The maximum atomic E-state index is 11.1. The largest absolute Gasteiger partial charge is 0.478 e. The zero-order valence-electron chi connectivity index (χ0n) is 13.0. The Kier molecular flexibility index (Phi) is 4.20. The molecule has 1 heterocycles. The van der Waals surface area contributed by atoms with Gasteiger partial charge in [0.25, 0.3) is 0 Å². The fraction of sp³-hybridized carbons (Fsp3) is 0.625. The van der Waals surface area contributed by atoms with Gasteiger partial charge in [0, 0.05) is 12.2 Å². The van der Waals surface area contributed by atoms with Crippen LogP contribution in [-0.4, -0.2) is 22.1 Å². The molecule has 0 unspecified atom stereocenters. The molecule has 0 amide bonds. The highest BCUT2D eigenvalue weighted by Gasteiger charge is 2.38. The van der Waals surface area contributed by atoms with Crippen LogP contribution < -0.4 is 5.32 Å². The van der Waals surface area contributed by atoms with Crippen LogP contribution in [0.2, 0.25) is 5.02 Å². The lowest BCUT2D eigenvalue weighted by Crippen LogP contribution is -2.40. The van der Waals surface area contributed by atoms with Crippen LogP contribution in [0.5, 0.6) is 0 Å². The third-order valence-corrected chi connectivity index (χ3v) is 4.40. The molecule has 1 aromatic rings. The quantitative estimate of drug-likeness (QED) is 0.865. The van der Waals surface area contributed by atoms with E-state index in [9.17, 15) is 4.79 Å². The lowest BCUT2D eigenvalue weighted by Gasteiger charge is -2.45. The van der Waals surface area contributed by atoms with Crippen molar-refractivity contribution in [1.29, 1.82) is 0 Å². The minimum atomic E-state index is -1.03. The van der Waals surface area contributed by atoms with Gasteiger partial charge in [0.15, 0.2) is 0 Å². The van der Waals surface area contributed by atoms with Gasteiger partial charge in [-0.25, -0.2) is 9.78 Å². The average Bonchev–Trinajstić information content (AvgIpc) is 2.27. The highest BCUT2D eigenvalue weighted by molar-refractivity contribution is 6.35. The molecular formula is C16H23ClN2O2. The van der Waals surface area contributed by atoms with Gasteiger partial charge < -0.3 is 10.4 Å². The third kappa shape index (κ3) is 3.88. The Hall–Kier alpha value is -1.29. The Morgan fingerprint density at radius 2 is 1.90 bits per heavy atom. The van der Waals surface area contributed by atoms with Gasteiger partial charge in [-0.05, 0) is 36.2 Å². The molecule has 5 heteroatoms. The van der Waals surface area contributed by atoms with E-state index in [4.69, 9.17) is 16.7 Å². The van der Waals surface area contributed by atoms with E-state index < -0.39 is 5.97 Å². The van der Waals surface area contributed by atoms with Gasteiger partial charge in [0.05, 0.1) is 10.6 Å². The molecule has 1 aliphatic rings. The zero-order chi connectivity index (χ0) is 15.8. The van der Waals surface area contributed by atoms with Gasteiger partial charge in [-0.2, -0.15) is 0 Å². The number of rotatable bonds is 3. The second-order valence-corrected chi connectivity index (χ2v) is 7.96. The summed E-state index contributed by atoms with van der Waals surface area (Å²) in [6, 6.07) is 1.67. The van der Waals surface area contributed by atoms with Crippen molar-refractivity contribution in [2.45, 2.75) is 53.0 Å². The van der Waals surface area contributed by atoms with E-state index in [0.717, 1.165) is 12.8 Å². The molecule has 116 valence electrons. The normalized spacial score (nSPS) is 21.0. The molecule has 2 N–H and O–H groups in total. The van der Waals surface area contributed by atoms with Crippen LogP contribution in [0.25, 0.3) is 0 Å². The van der Waals surface area contributed by atoms with Crippen LogP contribution >= 0.6 is 11.6 Å². The summed E-state index contributed by atoms with van der Waals surface area (Å²) in [4.78, 5) is 15.3. The summed E-state index contributed by atoms with van der Waals surface area (Å²) in [5.74, 6) is -0.565. The van der Waals surface area contributed by atoms with Gasteiger partial charge in [0.1, 0.15) is 5.82 Å². The number of pyridine rings is 1. The first kappa shape index (κ1) is 16.1. The Bertz CT molecular complexity index is 539. The Labute approximate surface area is 130 Å². The molecule has 1 aromatic heterocycles. The highest BCUT2D eigenvalue weighted by Crippen LogP contribution is 2.46. The fourth-order valence-electron chi connectivity index (χ4n) is 3.85. The summed E-state index contributed by atoms with van der Waals surface area (Å²) >= 11 is 6.16. The van der Waals surface area contributed by atoms with Gasteiger partial charge in [-0.15, -0.1) is 0 Å². The first-order chi connectivity index (χ1) is 9.60. The van der Waals surface area contributed by atoms with Crippen LogP contribution in [0.1, 0.15) is 57.3 Å². The predicted molar refractivity (Wildman–Crippen MR) is 85.0 cm³/mol. The minimum Gasteiger partial charge on any atom is -0.478 e. The van der Waals surface area contributed by atoms with Crippen molar-refractivity contribution in [3.05, 3.63) is 22.8 Å². The number of nitrogens with zero attached hydrogens (tertiary/aromatic N) is 1. The van der Waals surface area contributed by atoms with E-state index in [1.54, 1.807) is 0 Å². The number of hydrogen-bond acceptors (Lipinski definition) is 3. The first-order valence-corrected chi connectivity index (χ1v) is 7.62. The van der Waals surface area contributed by atoms with Gasteiger partial charge in [-0.3, -0.25) is 0 Å². The van der Waals surface area contributed by atoms with E-state index in [0.29, 0.717) is 5.82 Å². The topological polar surface area (TPSA) is 62.2 Å². The first-order valence-electron chi connectivity index (χ1n) is 7.24. The van der Waals surface area contributed by atoms with Crippen LogP contribution in [0.3, 0.4) is 0 Å². The Morgan fingerprint density at radius 3 is 2.43 bits per heavy atom.